The fraction of sp³-hybridized carbons (Fsp3) is 0.267. The summed E-state index contributed by atoms with van der Waals surface area (Å²) in [7, 11) is 0. The number of nitrogens with zero attached hydrogens (tertiary/aromatic N) is 2. The van der Waals surface area contributed by atoms with Gasteiger partial charge in [0, 0.05) is 35.5 Å². The van der Waals surface area contributed by atoms with E-state index in [0.717, 1.165) is 6.42 Å². The molecule has 2 aromatic rings. The van der Waals surface area contributed by atoms with Crippen molar-refractivity contribution in [2.45, 2.75) is 26.3 Å². The number of carbonyl (C=O) groups excluding carboxylic acids is 1. The van der Waals surface area contributed by atoms with Gasteiger partial charge in [-0.1, -0.05) is 18.5 Å². The van der Waals surface area contributed by atoms with Crippen molar-refractivity contribution < 1.29 is 9.72 Å². The van der Waals surface area contributed by atoms with E-state index in [2.05, 4.69) is 0 Å². The highest BCUT2D eigenvalue weighted by atomic mass is 35.5. The maximum Gasteiger partial charge on any atom is 0.274 e. The zero-order valence-corrected chi connectivity index (χ0v) is 12.3. The van der Waals surface area contributed by atoms with Crippen molar-refractivity contribution in [3.63, 3.8) is 0 Å². The third kappa shape index (κ3) is 3.70. The number of hydrogen-bond acceptors (Lipinski definition) is 3. The van der Waals surface area contributed by atoms with Crippen molar-refractivity contribution in [1.29, 1.82) is 0 Å². The fourth-order valence-corrected chi connectivity index (χ4v) is 2.33. The van der Waals surface area contributed by atoms with Gasteiger partial charge in [0.25, 0.3) is 5.69 Å². The van der Waals surface area contributed by atoms with Crippen molar-refractivity contribution in [2.24, 2.45) is 0 Å². The van der Waals surface area contributed by atoms with Gasteiger partial charge in [0.05, 0.1) is 17.0 Å². The average molecular weight is 307 g/mol. The lowest BCUT2D eigenvalue weighted by Gasteiger charge is -2.05. The lowest BCUT2D eigenvalue weighted by atomic mass is 10.1. The van der Waals surface area contributed by atoms with E-state index in [1.165, 1.54) is 12.1 Å². The quantitative estimate of drug-likeness (QED) is 0.459. The second-order valence-corrected chi connectivity index (χ2v) is 5.21. The molecule has 110 valence electrons. The standard InChI is InChI=1S/C15H15ClN2O3/c1-2-3-15(19)11-6-7-17(9-11)10-12-8-13(16)4-5-14(12)18(20)21/h4-9H,2-3,10H2,1H3. The molecule has 0 N–H and O–H groups in total. The number of hydrogen-bond donors (Lipinski definition) is 0. The van der Waals surface area contributed by atoms with Gasteiger partial charge < -0.3 is 4.57 Å². The summed E-state index contributed by atoms with van der Waals surface area (Å²) in [4.78, 5) is 22.4. The maximum atomic E-state index is 11.8. The Bertz CT molecular complexity index is 679. The molecule has 0 saturated heterocycles. The Morgan fingerprint density at radius 2 is 2.14 bits per heavy atom. The first-order valence-corrected chi connectivity index (χ1v) is 7.01. The highest BCUT2D eigenvalue weighted by Gasteiger charge is 2.15. The lowest BCUT2D eigenvalue weighted by molar-refractivity contribution is -0.385. The molecule has 1 heterocycles. The predicted octanol–water partition coefficient (Wildman–Crippen LogP) is 4.08. The molecule has 1 aromatic carbocycles. The monoisotopic (exact) mass is 306 g/mol. The minimum absolute atomic E-state index is 0.0227. The molecule has 0 aliphatic heterocycles. The highest BCUT2D eigenvalue weighted by Crippen LogP contribution is 2.24. The summed E-state index contributed by atoms with van der Waals surface area (Å²) in [6, 6.07) is 6.20. The molecule has 0 amide bonds. The van der Waals surface area contributed by atoms with Crippen LogP contribution in [0.2, 0.25) is 5.02 Å². The molecule has 0 fully saturated rings. The minimum atomic E-state index is -0.432. The normalized spacial score (nSPS) is 10.6. The van der Waals surface area contributed by atoms with E-state index in [-0.39, 0.29) is 11.5 Å². The molecule has 0 atom stereocenters. The number of carbonyl (C=O) groups is 1. The minimum Gasteiger partial charge on any atom is -0.349 e. The molecule has 0 radical (unpaired) electrons. The van der Waals surface area contributed by atoms with E-state index >= 15 is 0 Å². The molecule has 0 bridgehead atoms. The molecule has 5 nitrogen and oxygen atoms in total. The average Bonchev–Trinajstić information content (AvgIpc) is 2.87. The van der Waals surface area contributed by atoms with Crippen LogP contribution in [-0.2, 0) is 6.54 Å². The van der Waals surface area contributed by atoms with Crippen LogP contribution >= 0.6 is 11.6 Å². The van der Waals surface area contributed by atoms with Crippen LogP contribution in [0, 0.1) is 10.1 Å². The van der Waals surface area contributed by atoms with Gasteiger partial charge >= 0.3 is 0 Å². The van der Waals surface area contributed by atoms with Gasteiger partial charge in [-0.25, -0.2) is 0 Å². The van der Waals surface area contributed by atoms with E-state index in [0.29, 0.717) is 29.1 Å². The Morgan fingerprint density at radius 1 is 1.38 bits per heavy atom. The second-order valence-electron chi connectivity index (χ2n) is 4.78. The molecule has 6 heteroatoms. The van der Waals surface area contributed by atoms with Gasteiger partial charge in [-0.2, -0.15) is 0 Å². The number of aromatic nitrogens is 1. The van der Waals surface area contributed by atoms with Crippen LogP contribution in [0.15, 0.2) is 36.7 Å². The van der Waals surface area contributed by atoms with Crippen molar-refractivity contribution >= 4 is 23.1 Å². The number of benzene rings is 1. The van der Waals surface area contributed by atoms with Crippen LogP contribution in [0.1, 0.15) is 35.7 Å². The number of Topliss-reactive ketones (excluding diaryl/α,β-unsaturated/α-hetero) is 1. The first-order chi connectivity index (χ1) is 10.0. The number of halogens is 1. The van der Waals surface area contributed by atoms with Crippen LogP contribution in [0.25, 0.3) is 0 Å². The summed E-state index contributed by atoms with van der Waals surface area (Å²) in [6.07, 6.45) is 4.75. The Balaban J connectivity index is 2.24. The van der Waals surface area contributed by atoms with Crippen molar-refractivity contribution in [2.75, 3.05) is 0 Å². The van der Waals surface area contributed by atoms with E-state index < -0.39 is 4.92 Å². The zero-order valence-electron chi connectivity index (χ0n) is 11.6. The molecule has 0 aliphatic rings. The summed E-state index contributed by atoms with van der Waals surface area (Å²) < 4.78 is 1.75. The number of rotatable bonds is 6. The van der Waals surface area contributed by atoms with Crippen LogP contribution in [-0.4, -0.2) is 15.3 Å². The highest BCUT2D eigenvalue weighted by molar-refractivity contribution is 6.30. The van der Waals surface area contributed by atoms with Gasteiger partial charge in [-0.05, 0) is 24.6 Å². The predicted molar refractivity (Wildman–Crippen MR) is 80.9 cm³/mol. The first kappa shape index (κ1) is 15.3. The summed E-state index contributed by atoms with van der Waals surface area (Å²) in [5.74, 6) is 0.0804. The Morgan fingerprint density at radius 3 is 2.81 bits per heavy atom. The van der Waals surface area contributed by atoms with E-state index in [4.69, 9.17) is 11.6 Å². The Kier molecular flexibility index (Phi) is 4.75. The van der Waals surface area contributed by atoms with Gasteiger partial charge in [-0.3, -0.25) is 14.9 Å². The second kappa shape index (κ2) is 6.54. The largest absolute Gasteiger partial charge is 0.349 e. The van der Waals surface area contributed by atoms with Crippen LogP contribution < -0.4 is 0 Å². The summed E-state index contributed by atoms with van der Waals surface area (Å²) >= 11 is 5.90. The van der Waals surface area contributed by atoms with E-state index in [9.17, 15) is 14.9 Å². The van der Waals surface area contributed by atoms with Crippen LogP contribution in [0.3, 0.4) is 0 Å². The topological polar surface area (TPSA) is 65.1 Å². The first-order valence-electron chi connectivity index (χ1n) is 6.63. The molecule has 0 spiro atoms. The maximum absolute atomic E-state index is 11.8. The summed E-state index contributed by atoms with van der Waals surface area (Å²) in [6.45, 7) is 2.25. The van der Waals surface area contributed by atoms with Gasteiger partial charge in [0.2, 0.25) is 0 Å². The third-order valence-corrected chi connectivity index (χ3v) is 3.38. The molecular formula is C15H15ClN2O3. The third-order valence-electron chi connectivity index (χ3n) is 3.14. The molecule has 1 aromatic heterocycles. The zero-order chi connectivity index (χ0) is 15.4. The molecular weight excluding hydrogens is 292 g/mol. The smallest absolute Gasteiger partial charge is 0.274 e. The number of nitro groups is 1. The molecule has 0 aliphatic carbocycles. The number of nitro benzene ring substituents is 1. The number of ketones is 1. The van der Waals surface area contributed by atoms with E-state index in [1.807, 2.05) is 6.92 Å². The fourth-order valence-electron chi connectivity index (χ4n) is 2.13. The molecule has 0 saturated carbocycles. The molecule has 2 rings (SSSR count). The summed E-state index contributed by atoms with van der Waals surface area (Å²) in [5, 5.41) is 11.5. The Hall–Kier alpha value is -2.14. The molecule has 0 unspecified atom stereocenters. The van der Waals surface area contributed by atoms with E-state index in [1.54, 1.807) is 29.1 Å². The molecule has 21 heavy (non-hydrogen) atoms. The van der Waals surface area contributed by atoms with Crippen LogP contribution in [0.5, 0.6) is 0 Å². The Labute approximate surface area is 127 Å². The van der Waals surface area contributed by atoms with Crippen molar-refractivity contribution in [3.05, 3.63) is 62.9 Å². The SMILES string of the molecule is CCCC(=O)c1ccn(Cc2cc(Cl)ccc2[N+](=O)[O-])c1. The lowest BCUT2D eigenvalue weighted by Crippen LogP contribution is -2.02. The van der Waals surface area contributed by atoms with Crippen LogP contribution in [0.4, 0.5) is 5.69 Å². The van der Waals surface area contributed by atoms with Crippen molar-refractivity contribution in [1.82, 2.24) is 4.57 Å². The van der Waals surface area contributed by atoms with Gasteiger partial charge in [0.1, 0.15) is 0 Å². The van der Waals surface area contributed by atoms with Crippen molar-refractivity contribution in [3.8, 4) is 0 Å². The van der Waals surface area contributed by atoms with Gasteiger partial charge in [-0.15, -0.1) is 0 Å². The summed E-state index contributed by atoms with van der Waals surface area (Å²) in [5.41, 5.74) is 1.16. The van der Waals surface area contributed by atoms with Gasteiger partial charge in [0.15, 0.2) is 5.78 Å².